The number of benzene rings is 2. The van der Waals surface area contributed by atoms with Crippen molar-refractivity contribution in [2.45, 2.75) is 12.6 Å². The maximum absolute atomic E-state index is 13.2. The highest BCUT2D eigenvalue weighted by molar-refractivity contribution is 9.10. The van der Waals surface area contributed by atoms with Crippen LogP contribution in [0, 0.1) is 5.82 Å². The van der Waals surface area contributed by atoms with Gasteiger partial charge in [0, 0.05) is 11.0 Å². The average molecular weight is 324 g/mol. The first-order valence-corrected chi connectivity index (χ1v) is 6.83. The van der Waals surface area contributed by atoms with E-state index in [0.717, 1.165) is 15.6 Å². The molecule has 0 saturated heterocycles. The van der Waals surface area contributed by atoms with Crippen LogP contribution >= 0.6 is 15.9 Å². The molecule has 0 heterocycles. The van der Waals surface area contributed by atoms with Gasteiger partial charge in [-0.3, -0.25) is 0 Å². The second kappa shape index (κ2) is 6.80. The van der Waals surface area contributed by atoms with E-state index in [-0.39, 0.29) is 18.5 Å². The Kier molecular flexibility index (Phi) is 5.07. The zero-order chi connectivity index (χ0) is 13.7. The maximum atomic E-state index is 13.2. The summed E-state index contributed by atoms with van der Waals surface area (Å²) < 4.78 is 14.0. The first kappa shape index (κ1) is 14.2. The smallest absolute Gasteiger partial charge is 0.123 e. The lowest BCUT2D eigenvalue weighted by molar-refractivity contribution is 0.243. The molecule has 0 aromatic heterocycles. The lowest BCUT2D eigenvalue weighted by Crippen LogP contribution is -2.24. The lowest BCUT2D eigenvalue weighted by atomic mass is 10.1. The minimum absolute atomic E-state index is 0.00303. The molecule has 0 amide bonds. The van der Waals surface area contributed by atoms with E-state index in [1.807, 2.05) is 30.3 Å². The summed E-state index contributed by atoms with van der Waals surface area (Å²) in [7, 11) is 0. The van der Waals surface area contributed by atoms with Gasteiger partial charge in [0.25, 0.3) is 0 Å². The van der Waals surface area contributed by atoms with Crippen LogP contribution < -0.4 is 5.32 Å². The first-order valence-electron chi connectivity index (χ1n) is 6.04. The SMILES string of the molecule is OC[C@H](NCc1cc(F)ccc1Br)c1ccccc1. The monoisotopic (exact) mass is 323 g/mol. The van der Waals surface area contributed by atoms with Crippen molar-refractivity contribution in [2.24, 2.45) is 0 Å². The van der Waals surface area contributed by atoms with E-state index < -0.39 is 0 Å². The normalized spacial score (nSPS) is 12.4. The molecule has 0 aliphatic rings. The third-order valence-electron chi connectivity index (χ3n) is 2.93. The Labute approximate surface area is 120 Å². The highest BCUT2D eigenvalue weighted by atomic mass is 79.9. The Balaban J connectivity index is 2.06. The molecule has 2 aromatic carbocycles. The van der Waals surface area contributed by atoms with E-state index in [1.54, 1.807) is 6.07 Å². The number of aliphatic hydroxyl groups excluding tert-OH is 1. The molecule has 0 radical (unpaired) electrons. The molecule has 2 rings (SSSR count). The predicted molar refractivity (Wildman–Crippen MR) is 77.2 cm³/mol. The zero-order valence-corrected chi connectivity index (χ0v) is 11.9. The standard InChI is InChI=1S/C15H15BrFNO/c16-14-7-6-13(17)8-12(14)9-18-15(10-19)11-4-2-1-3-5-11/h1-8,15,18-19H,9-10H2/t15-/m0/s1. The van der Waals surface area contributed by atoms with E-state index in [9.17, 15) is 9.50 Å². The molecule has 19 heavy (non-hydrogen) atoms. The Bertz CT molecular complexity index is 533. The van der Waals surface area contributed by atoms with Crippen LogP contribution in [0.25, 0.3) is 0 Å². The largest absolute Gasteiger partial charge is 0.394 e. The van der Waals surface area contributed by atoms with Crippen molar-refractivity contribution in [3.8, 4) is 0 Å². The van der Waals surface area contributed by atoms with Gasteiger partial charge in [0.05, 0.1) is 12.6 Å². The van der Waals surface area contributed by atoms with Gasteiger partial charge in [-0.2, -0.15) is 0 Å². The summed E-state index contributed by atoms with van der Waals surface area (Å²) in [5, 5.41) is 12.7. The van der Waals surface area contributed by atoms with E-state index >= 15 is 0 Å². The van der Waals surface area contributed by atoms with Gasteiger partial charge in [-0.05, 0) is 29.3 Å². The molecule has 0 aliphatic carbocycles. The van der Waals surface area contributed by atoms with Crippen LogP contribution in [0.5, 0.6) is 0 Å². The summed E-state index contributed by atoms with van der Waals surface area (Å²) in [6, 6.07) is 14.1. The molecular weight excluding hydrogens is 309 g/mol. The molecule has 2 aromatic rings. The van der Waals surface area contributed by atoms with Crippen molar-refractivity contribution in [3.05, 3.63) is 69.9 Å². The van der Waals surface area contributed by atoms with Crippen LogP contribution in [0.3, 0.4) is 0 Å². The fourth-order valence-electron chi connectivity index (χ4n) is 1.89. The number of nitrogens with one attached hydrogen (secondary N) is 1. The molecule has 0 spiro atoms. The third-order valence-corrected chi connectivity index (χ3v) is 3.70. The molecule has 2 nitrogen and oxygen atoms in total. The Morgan fingerprint density at radius 1 is 1.16 bits per heavy atom. The van der Waals surface area contributed by atoms with E-state index in [4.69, 9.17) is 0 Å². The van der Waals surface area contributed by atoms with Gasteiger partial charge < -0.3 is 10.4 Å². The Morgan fingerprint density at radius 3 is 2.58 bits per heavy atom. The van der Waals surface area contributed by atoms with Crippen LogP contribution in [0.4, 0.5) is 4.39 Å². The molecule has 0 aliphatic heterocycles. The van der Waals surface area contributed by atoms with E-state index in [0.29, 0.717) is 6.54 Å². The number of rotatable bonds is 5. The fraction of sp³-hybridized carbons (Fsp3) is 0.200. The first-order chi connectivity index (χ1) is 9.20. The molecule has 2 N–H and O–H groups in total. The Hall–Kier alpha value is -1.23. The van der Waals surface area contributed by atoms with E-state index in [1.165, 1.54) is 12.1 Å². The summed E-state index contributed by atoms with van der Waals surface area (Å²) >= 11 is 3.39. The van der Waals surface area contributed by atoms with Crippen molar-refractivity contribution in [2.75, 3.05) is 6.61 Å². The molecule has 0 unspecified atom stereocenters. The lowest BCUT2D eigenvalue weighted by Gasteiger charge is -2.17. The second-order valence-electron chi connectivity index (χ2n) is 4.26. The maximum Gasteiger partial charge on any atom is 0.123 e. The van der Waals surface area contributed by atoms with Crippen molar-refractivity contribution >= 4 is 15.9 Å². The van der Waals surface area contributed by atoms with Crippen molar-refractivity contribution in [1.29, 1.82) is 0 Å². The average Bonchev–Trinajstić information content (AvgIpc) is 2.44. The zero-order valence-electron chi connectivity index (χ0n) is 10.3. The van der Waals surface area contributed by atoms with Crippen molar-refractivity contribution in [1.82, 2.24) is 5.32 Å². The molecule has 1 atom stereocenters. The van der Waals surface area contributed by atoms with Gasteiger partial charge in [-0.25, -0.2) is 4.39 Å². The molecule has 100 valence electrons. The summed E-state index contributed by atoms with van der Waals surface area (Å²) in [6.45, 7) is 0.482. The van der Waals surface area contributed by atoms with Crippen LogP contribution in [-0.4, -0.2) is 11.7 Å². The molecule has 0 saturated carbocycles. The molecule has 4 heteroatoms. The van der Waals surface area contributed by atoms with Gasteiger partial charge in [0.1, 0.15) is 5.82 Å². The van der Waals surface area contributed by atoms with Crippen LogP contribution in [0.1, 0.15) is 17.2 Å². The number of hydrogen-bond acceptors (Lipinski definition) is 2. The summed E-state index contributed by atoms with van der Waals surface area (Å²) in [6.07, 6.45) is 0. The number of hydrogen-bond donors (Lipinski definition) is 2. The van der Waals surface area contributed by atoms with Gasteiger partial charge in [0.2, 0.25) is 0 Å². The second-order valence-corrected chi connectivity index (χ2v) is 5.12. The van der Waals surface area contributed by atoms with E-state index in [2.05, 4.69) is 21.2 Å². The summed E-state index contributed by atoms with van der Waals surface area (Å²) in [5.74, 6) is -0.264. The van der Waals surface area contributed by atoms with Gasteiger partial charge in [-0.1, -0.05) is 46.3 Å². The summed E-state index contributed by atoms with van der Waals surface area (Å²) in [5.41, 5.74) is 1.84. The number of halogens is 2. The highest BCUT2D eigenvalue weighted by Gasteiger charge is 2.10. The Morgan fingerprint density at radius 2 is 1.89 bits per heavy atom. The molecule has 0 fully saturated rings. The number of aliphatic hydroxyl groups is 1. The molecule has 0 bridgehead atoms. The van der Waals surface area contributed by atoms with Crippen LogP contribution in [0.15, 0.2) is 53.0 Å². The highest BCUT2D eigenvalue weighted by Crippen LogP contribution is 2.19. The topological polar surface area (TPSA) is 32.3 Å². The predicted octanol–water partition coefficient (Wildman–Crippen LogP) is 3.41. The quantitative estimate of drug-likeness (QED) is 0.883. The van der Waals surface area contributed by atoms with Crippen LogP contribution in [0.2, 0.25) is 0 Å². The summed E-state index contributed by atoms with van der Waals surface area (Å²) in [4.78, 5) is 0. The third kappa shape index (κ3) is 3.86. The molecular formula is C15H15BrFNO. The van der Waals surface area contributed by atoms with Crippen molar-refractivity contribution in [3.63, 3.8) is 0 Å². The van der Waals surface area contributed by atoms with Crippen LogP contribution in [-0.2, 0) is 6.54 Å². The van der Waals surface area contributed by atoms with Gasteiger partial charge in [-0.15, -0.1) is 0 Å². The van der Waals surface area contributed by atoms with Gasteiger partial charge in [0.15, 0.2) is 0 Å². The van der Waals surface area contributed by atoms with Gasteiger partial charge >= 0.3 is 0 Å². The minimum atomic E-state index is -0.264. The minimum Gasteiger partial charge on any atom is -0.394 e. The van der Waals surface area contributed by atoms with Crippen molar-refractivity contribution < 1.29 is 9.50 Å². The fourth-order valence-corrected chi connectivity index (χ4v) is 2.27.